The smallest absolute Gasteiger partial charge is 0.437 e. The fourth-order valence-electron chi connectivity index (χ4n) is 1.61. The van der Waals surface area contributed by atoms with E-state index in [1.54, 1.807) is 6.07 Å². The van der Waals surface area contributed by atoms with Crippen LogP contribution in [0.1, 0.15) is 19.8 Å². The molecule has 100 valence electrons. The Balaban J connectivity index is 3.15. The van der Waals surface area contributed by atoms with Crippen LogP contribution >= 0.6 is 0 Å². The van der Waals surface area contributed by atoms with Crippen molar-refractivity contribution in [3.05, 3.63) is 30.3 Å². The van der Waals surface area contributed by atoms with Crippen LogP contribution in [0, 0.1) is 0 Å². The van der Waals surface area contributed by atoms with Crippen molar-refractivity contribution >= 4 is 5.91 Å². The van der Waals surface area contributed by atoms with Crippen LogP contribution in [-0.2, 0) is 4.79 Å². The van der Waals surface area contributed by atoms with Crippen molar-refractivity contribution in [2.75, 3.05) is 0 Å². The van der Waals surface area contributed by atoms with E-state index in [4.69, 9.17) is 10.5 Å². The predicted octanol–water partition coefficient (Wildman–Crippen LogP) is 2.65. The molecule has 18 heavy (non-hydrogen) atoms. The number of hydrogen-bond acceptors (Lipinski definition) is 2. The lowest BCUT2D eigenvalue weighted by molar-refractivity contribution is -0.242. The zero-order chi connectivity index (χ0) is 13.8. The molecule has 1 unspecified atom stereocenters. The summed E-state index contributed by atoms with van der Waals surface area (Å²) in [6.45, 7) is 1.53. The number of amides is 1. The molecule has 0 aliphatic rings. The summed E-state index contributed by atoms with van der Waals surface area (Å²) in [4.78, 5) is 11.2. The monoisotopic (exact) mass is 261 g/mol. The Kier molecular flexibility index (Phi) is 4.21. The highest BCUT2D eigenvalue weighted by atomic mass is 19.4. The van der Waals surface area contributed by atoms with Gasteiger partial charge in [-0.15, -0.1) is 0 Å². The largest absolute Gasteiger partial charge is 0.468 e. The highest BCUT2D eigenvalue weighted by Gasteiger charge is 2.61. The molecule has 0 saturated carbocycles. The van der Waals surface area contributed by atoms with Gasteiger partial charge in [0.15, 0.2) is 0 Å². The molecule has 0 bridgehead atoms. The minimum Gasteiger partial charge on any atom is -0.468 e. The molecular formula is C12H14F3NO2. The summed E-state index contributed by atoms with van der Waals surface area (Å²) in [5, 5.41) is 0. The maximum absolute atomic E-state index is 13.1. The molecular weight excluding hydrogens is 247 g/mol. The van der Waals surface area contributed by atoms with Gasteiger partial charge in [-0.1, -0.05) is 31.5 Å². The summed E-state index contributed by atoms with van der Waals surface area (Å²) >= 11 is 0. The molecule has 3 nitrogen and oxygen atoms in total. The third-order valence-corrected chi connectivity index (χ3v) is 2.49. The normalized spacial score (nSPS) is 14.9. The number of halogens is 3. The molecule has 1 rings (SSSR count). The van der Waals surface area contributed by atoms with E-state index in [9.17, 15) is 18.0 Å². The number of ether oxygens (including phenoxy) is 1. The van der Waals surface area contributed by atoms with Gasteiger partial charge in [-0.25, -0.2) is 0 Å². The van der Waals surface area contributed by atoms with Gasteiger partial charge in [-0.2, -0.15) is 13.2 Å². The number of para-hydroxylation sites is 1. The van der Waals surface area contributed by atoms with Crippen LogP contribution in [0.4, 0.5) is 13.2 Å². The van der Waals surface area contributed by atoms with E-state index in [-0.39, 0.29) is 12.2 Å². The van der Waals surface area contributed by atoms with Crippen LogP contribution in [0.3, 0.4) is 0 Å². The summed E-state index contributed by atoms with van der Waals surface area (Å²) < 4.78 is 44.1. The van der Waals surface area contributed by atoms with Gasteiger partial charge in [-0.05, 0) is 12.1 Å². The van der Waals surface area contributed by atoms with Crippen LogP contribution < -0.4 is 10.5 Å². The topological polar surface area (TPSA) is 52.3 Å². The highest BCUT2D eigenvalue weighted by molar-refractivity contribution is 5.85. The first-order valence-electron chi connectivity index (χ1n) is 5.44. The Morgan fingerprint density at radius 2 is 1.83 bits per heavy atom. The zero-order valence-electron chi connectivity index (χ0n) is 9.83. The fraction of sp³-hybridized carbons (Fsp3) is 0.417. The van der Waals surface area contributed by atoms with Crippen molar-refractivity contribution in [3.8, 4) is 5.75 Å². The summed E-state index contributed by atoms with van der Waals surface area (Å²) in [6.07, 6.45) is -5.25. The molecule has 1 aromatic rings. The maximum Gasteiger partial charge on any atom is 0.437 e. The summed E-state index contributed by atoms with van der Waals surface area (Å²) in [6, 6.07) is 7.36. The average Bonchev–Trinajstić information content (AvgIpc) is 2.28. The second-order valence-electron chi connectivity index (χ2n) is 3.85. The minimum absolute atomic E-state index is 0.0397. The van der Waals surface area contributed by atoms with Crippen LogP contribution in [0.15, 0.2) is 30.3 Å². The van der Waals surface area contributed by atoms with Crippen molar-refractivity contribution in [3.63, 3.8) is 0 Å². The highest BCUT2D eigenvalue weighted by Crippen LogP contribution is 2.38. The molecule has 0 radical (unpaired) electrons. The van der Waals surface area contributed by atoms with Crippen LogP contribution in [0.25, 0.3) is 0 Å². The summed E-state index contributed by atoms with van der Waals surface area (Å²) in [5.41, 5.74) is 1.94. The predicted molar refractivity (Wildman–Crippen MR) is 60.0 cm³/mol. The number of benzene rings is 1. The third-order valence-electron chi connectivity index (χ3n) is 2.49. The molecule has 1 atom stereocenters. The van der Waals surface area contributed by atoms with E-state index in [1.807, 2.05) is 0 Å². The lowest BCUT2D eigenvalue weighted by Crippen LogP contribution is -2.59. The molecule has 0 aromatic heterocycles. The van der Waals surface area contributed by atoms with Gasteiger partial charge in [-0.3, -0.25) is 4.79 Å². The van der Waals surface area contributed by atoms with Gasteiger partial charge in [0.25, 0.3) is 11.5 Å². The van der Waals surface area contributed by atoms with Gasteiger partial charge in [0.2, 0.25) is 0 Å². The fourth-order valence-corrected chi connectivity index (χ4v) is 1.61. The average molecular weight is 261 g/mol. The van der Waals surface area contributed by atoms with Gasteiger partial charge in [0, 0.05) is 6.42 Å². The Bertz CT molecular complexity index is 406. The number of carbonyl (C=O) groups excluding carboxylic acids is 1. The summed E-state index contributed by atoms with van der Waals surface area (Å²) in [5.74, 6) is -1.57. The van der Waals surface area contributed by atoms with Gasteiger partial charge in [0.1, 0.15) is 5.75 Å². The molecule has 0 aliphatic heterocycles. The Morgan fingerprint density at radius 1 is 1.28 bits per heavy atom. The van der Waals surface area contributed by atoms with Gasteiger partial charge < -0.3 is 10.5 Å². The van der Waals surface area contributed by atoms with E-state index < -0.39 is 24.1 Å². The van der Waals surface area contributed by atoms with Gasteiger partial charge >= 0.3 is 6.18 Å². The molecule has 2 N–H and O–H groups in total. The quantitative estimate of drug-likeness (QED) is 0.885. The molecule has 1 aromatic carbocycles. The van der Waals surface area contributed by atoms with E-state index in [1.165, 1.54) is 31.2 Å². The van der Waals surface area contributed by atoms with Crippen molar-refractivity contribution in [2.45, 2.75) is 31.5 Å². The lowest BCUT2D eigenvalue weighted by atomic mass is 9.96. The first kappa shape index (κ1) is 14.3. The molecule has 0 fully saturated rings. The zero-order valence-corrected chi connectivity index (χ0v) is 9.83. The third kappa shape index (κ3) is 2.75. The first-order chi connectivity index (χ1) is 8.33. The Hall–Kier alpha value is -1.72. The number of carbonyl (C=O) groups is 1. The van der Waals surface area contributed by atoms with Crippen LogP contribution in [0.2, 0.25) is 0 Å². The Morgan fingerprint density at radius 3 is 2.22 bits per heavy atom. The molecule has 0 heterocycles. The van der Waals surface area contributed by atoms with E-state index in [0.29, 0.717) is 0 Å². The van der Waals surface area contributed by atoms with Crippen molar-refractivity contribution in [1.29, 1.82) is 0 Å². The lowest BCUT2D eigenvalue weighted by Gasteiger charge is -2.32. The molecule has 1 amide bonds. The number of nitrogens with two attached hydrogens (primary N) is 1. The van der Waals surface area contributed by atoms with Gasteiger partial charge in [0.05, 0.1) is 0 Å². The standard InChI is InChI=1S/C12H14F3NO2/c1-2-8-11(10(16)17,12(13,14)15)18-9-6-4-3-5-7-9/h3-7H,2,8H2,1H3,(H2,16,17). The maximum atomic E-state index is 13.1. The number of alkyl halides is 3. The second kappa shape index (κ2) is 5.29. The van der Waals surface area contributed by atoms with E-state index in [0.717, 1.165) is 0 Å². The SMILES string of the molecule is CCCC(Oc1ccccc1)(C(N)=O)C(F)(F)F. The second-order valence-corrected chi connectivity index (χ2v) is 3.85. The van der Waals surface area contributed by atoms with Crippen molar-refractivity contribution < 1.29 is 22.7 Å². The van der Waals surface area contributed by atoms with Crippen LogP contribution in [-0.4, -0.2) is 17.7 Å². The number of rotatable bonds is 5. The Labute approximate surface area is 103 Å². The molecule has 0 aliphatic carbocycles. The summed E-state index contributed by atoms with van der Waals surface area (Å²) in [7, 11) is 0. The first-order valence-corrected chi connectivity index (χ1v) is 5.44. The van der Waals surface area contributed by atoms with Crippen LogP contribution in [0.5, 0.6) is 5.75 Å². The van der Waals surface area contributed by atoms with E-state index >= 15 is 0 Å². The number of hydrogen-bond donors (Lipinski definition) is 1. The van der Waals surface area contributed by atoms with Crippen molar-refractivity contribution in [2.24, 2.45) is 5.73 Å². The molecule has 0 spiro atoms. The number of primary amides is 1. The molecule has 0 saturated heterocycles. The minimum atomic E-state index is -4.86. The van der Waals surface area contributed by atoms with E-state index in [2.05, 4.69) is 0 Å². The van der Waals surface area contributed by atoms with Crippen molar-refractivity contribution in [1.82, 2.24) is 0 Å². The molecule has 6 heteroatoms.